The Hall–Kier alpha value is -3.10. The van der Waals surface area contributed by atoms with Crippen LogP contribution < -0.4 is 0 Å². The first kappa shape index (κ1) is 23.1. The summed E-state index contributed by atoms with van der Waals surface area (Å²) in [6, 6.07) is 9.57. The number of nitrogens with zero attached hydrogens (tertiary/aromatic N) is 4. The van der Waals surface area contributed by atoms with Crippen molar-refractivity contribution in [1.29, 1.82) is 0 Å². The van der Waals surface area contributed by atoms with Crippen LogP contribution in [0.4, 0.5) is 0 Å². The summed E-state index contributed by atoms with van der Waals surface area (Å²) in [5.41, 5.74) is 5.67. The lowest BCUT2D eigenvalue weighted by Gasteiger charge is -2.34. The molecule has 2 aromatic carbocycles. The van der Waals surface area contributed by atoms with Crippen LogP contribution in [-0.4, -0.2) is 59.7 Å². The Morgan fingerprint density at radius 2 is 1.55 bits per heavy atom. The van der Waals surface area contributed by atoms with Crippen molar-refractivity contribution in [2.75, 3.05) is 26.2 Å². The van der Waals surface area contributed by atoms with Gasteiger partial charge in [0.15, 0.2) is 0 Å². The van der Waals surface area contributed by atoms with E-state index in [1.807, 2.05) is 58.0 Å². The van der Waals surface area contributed by atoms with E-state index in [-0.39, 0.29) is 19.0 Å². The van der Waals surface area contributed by atoms with E-state index in [0.717, 1.165) is 33.3 Å². The first-order chi connectivity index (χ1) is 15.7. The highest BCUT2D eigenvalue weighted by atomic mass is 32.2. The van der Waals surface area contributed by atoms with Gasteiger partial charge in [-0.3, -0.25) is 9.78 Å². The standard InChI is InChI=1S/C25H28N4O3S/c1-17-15-18(2)20(4)25(19(17)3)33(31,32)29-13-11-28(12-14-29)24(30)10-9-21-16-26-22-7-5-6-8-23(22)27-21/h5-10,15-16H,11-14H2,1-4H3/b10-9+. The lowest BCUT2D eigenvalue weighted by atomic mass is 10.0. The molecule has 33 heavy (non-hydrogen) atoms. The zero-order chi connectivity index (χ0) is 23.8. The summed E-state index contributed by atoms with van der Waals surface area (Å²) in [4.78, 5) is 23.6. The van der Waals surface area contributed by atoms with Crippen molar-refractivity contribution >= 4 is 33.0 Å². The van der Waals surface area contributed by atoms with Gasteiger partial charge in [-0.2, -0.15) is 4.31 Å². The number of hydrogen-bond acceptors (Lipinski definition) is 5. The van der Waals surface area contributed by atoms with Crippen LogP contribution in [0.25, 0.3) is 17.1 Å². The minimum absolute atomic E-state index is 0.166. The molecule has 1 aromatic heterocycles. The van der Waals surface area contributed by atoms with Crippen LogP contribution in [0.15, 0.2) is 47.5 Å². The van der Waals surface area contributed by atoms with E-state index in [1.165, 1.54) is 10.4 Å². The average Bonchev–Trinajstić information content (AvgIpc) is 2.81. The van der Waals surface area contributed by atoms with Crippen LogP contribution in [0.3, 0.4) is 0 Å². The quantitative estimate of drug-likeness (QED) is 0.553. The molecular formula is C25H28N4O3S. The molecule has 0 unspecified atom stereocenters. The number of benzene rings is 2. The molecule has 172 valence electrons. The maximum atomic E-state index is 13.4. The summed E-state index contributed by atoms with van der Waals surface area (Å²) in [6.07, 6.45) is 4.75. The molecule has 0 N–H and O–H groups in total. The molecule has 4 rings (SSSR count). The summed E-state index contributed by atoms with van der Waals surface area (Å²) in [6.45, 7) is 8.80. The number of fused-ring (bicyclic) bond motifs is 1. The molecule has 1 amide bonds. The second kappa shape index (κ2) is 9.03. The van der Waals surface area contributed by atoms with Gasteiger partial charge in [-0.15, -0.1) is 0 Å². The van der Waals surface area contributed by atoms with E-state index in [9.17, 15) is 13.2 Å². The van der Waals surface area contributed by atoms with Gasteiger partial charge >= 0.3 is 0 Å². The number of carbonyl (C=O) groups is 1. The number of aryl methyl sites for hydroxylation is 2. The van der Waals surface area contributed by atoms with Gasteiger partial charge in [0.05, 0.1) is 27.8 Å². The lowest BCUT2D eigenvalue weighted by Crippen LogP contribution is -2.50. The fraction of sp³-hybridized carbons (Fsp3) is 0.320. The summed E-state index contributed by atoms with van der Waals surface area (Å²) in [7, 11) is -3.63. The Labute approximate surface area is 194 Å². The molecule has 1 fully saturated rings. The Morgan fingerprint density at radius 3 is 2.18 bits per heavy atom. The van der Waals surface area contributed by atoms with Crippen molar-refractivity contribution in [1.82, 2.24) is 19.2 Å². The van der Waals surface area contributed by atoms with Crippen LogP contribution in [0.2, 0.25) is 0 Å². The van der Waals surface area contributed by atoms with Crippen LogP contribution in [-0.2, 0) is 14.8 Å². The molecule has 7 nitrogen and oxygen atoms in total. The van der Waals surface area contributed by atoms with E-state index >= 15 is 0 Å². The fourth-order valence-corrected chi connectivity index (χ4v) is 6.16. The third-order valence-electron chi connectivity index (χ3n) is 6.31. The maximum absolute atomic E-state index is 13.4. The molecule has 3 aromatic rings. The molecule has 0 bridgehead atoms. The van der Waals surface area contributed by atoms with Gasteiger partial charge in [-0.1, -0.05) is 18.2 Å². The fourth-order valence-electron chi connectivity index (χ4n) is 4.16. The molecular weight excluding hydrogens is 436 g/mol. The summed E-state index contributed by atoms with van der Waals surface area (Å²) < 4.78 is 28.3. The van der Waals surface area contributed by atoms with Crippen molar-refractivity contribution < 1.29 is 13.2 Å². The van der Waals surface area contributed by atoms with Crippen molar-refractivity contribution in [2.24, 2.45) is 0 Å². The Balaban J connectivity index is 1.45. The number of piperazine rings is 1. The topological polar surface area (TPSA) is 83.5 Å². The first-order valence-corrected chi connectivity index (χ1v) is 12.4. The van der Waals surface area contributed by atoms with Crippen LogP contribution in [0.1, 0.15) is 27.9 Å². The zero-order valence-electron chi connectivity index (χ0n) is 19.4. The Morgan fingerprint density at radius 1 is 0.939 bits per heavy atom. The molecule has 1 aliphatic rings. The zero-order valence-corrected chi connectivity index (χ0v) is 20.2. The summed E-state index contributed by atoms with van der Waals surface area (Å²) in [5, 5.41) is 0. The highest BCUT2D eigenvalue weighted by molar-refractivity contribution is 7.89. The third kappa shape index (κ3) is 4.54. The molecule has 2 heterocycles. The van der Waals surface area contributed by atoms with Crippen molar-refractivity contribution in [3.63, 3.8) is 0 Å². The minimum Gasteiger partial charge on any atom is -0.337 e. The second-order valence-corrected chi connectivity index (χ2v) is 10.3. The lowest BCUT2D eigenvalue weighted by molar-refractivity contribution is -0.127. The number of rotatable bonds is 4. The van der Waals surface area contributed by atoms with Gasteiger partial charge in [0, 0.05) is 32.3 Å². The Kier molecular flexibility index (Phi) is 6.32. The number of aromatic nitrogens is 2. The normalized spacial score (nSPS) is 15.5. The maximum Gasteiger partial charge on any atom is 0.246 e. The predicted octanol–water partition coefficient (Wildman–Crippen LogP) is 3.41. The van der Waals surface area contributed by atoms with Gasteiger partial charge in [0.2, 0.25) is 15.9 Å². The van der Waals surface area contributed by atoms with Crippen molar-refractivity contribution in [2.45, 2.75) is 32.6 Å². The summed E-state index contributed by atoms with van der Waals surface area (Å²) >= 11 is 0. The Bertz CT molecular complexity index is 1330. The molecule has 1 saturated heterocycles. The predicted molar refractivity (Wildman–Crippen MR) is 129 cm³/mol. The van der Waals surface area contributed by atoms with Gasteiger partial charge < -0.3 is 4.90 Å². The highest BCUT2D eigenvalue weighted by Crippen LogP contribution is 2.29. The number of sulfonamides is 1. The largest absolute Gasteiger partial charge is 0.337 e. The minimum atomic E-state index is -3.63. The molecule has 0 radical (unpaired) electrons. The first-order valence-electron chi connectivity index (χ1n) is 10.9. The average molecular weight is 465 g/mol. The number of hydrogen-bond donors (Lipinski definition) is 0. The molecule has 0 aliphatic carbocycles. The molecule has 0 atom stereocenters. The third-order valence-corrected chi connectivity index (χ3v) is 8.48. The molecule has 0 spiro atoms. The van der Waals surface area contributed by atoms with Crippen molar-refractivity contribution in [3.05, 3.63) is 70.6 Å². The van der Waals surface area contributed by atoms with Crippen LogP contribution in [0.5, 0.6) is 0 Å². The van der Waals surface area contributed by atoms with E-state index in [0.29, 0.717) is 23.7 Å². The van der Waals surface area contributed by atoms with Gasteiger partial charge in [-0.05, 0) is 68.2 Å². The van der Waals surface area contributed by atoms with Crippen LogP contribution >= 0.6 is 0 Å². The summed E-state index contributed by atoms with van der Waals surface area (Å²) in [5.74, 6) is -0.166. The number of para-hydroxylation sites is 2. The van der Waals surface area contributed by atoms with E-state index in [4.69, 9.17) is 0 Å². The van der Waals surface area contributed by atoms with Gasteiger partial charge in [-0.25, -0.2) is 13.4 Å². The van der Waals surface area contributed by atoms with Crippen LogP contribution in [0, 0.1) is 27.7 Å². The highest BCUT2D eigenvalue weighted by Gasteiger charge is 2.32. The van der Waals surface area contributed by atoms with E-state index in [2.05, 4.69) is 9.97 Å². The van der Waals surface area contributed by atoms with E-state index < -0.39 is 10.0 Å². The number of amides is 1. The second-order valence-electron chi connectivity index (χ2n) is 8.44. The molecule has 0 saturated carbocycles. The molecule has 1 aliphatic heterocycles. The SMILES string of the molecule is Cc1cc(C)c(C)c(S(=O)(=O)N2CCN(C(=O)/C=C/c3cnc4ccccc4n3)CC2)c1C. The van der Waals surface area contributed by atoms with Crippen molar-refractivity contribution in [3.8, 4) is 0 Å². The van der Waals surface area contributed by atoms with E-state index in [1.54, 1.807) is 17.2 Å². The van der Waals surface area contributed by atoms with Gasteiger partial charge in [0.25, 0.3) is 0 Å². The smallest absolute Gasteiger partial charge is 0.246 e. The monoisotopic (exact) mass is 464 g/mol. The number of carbonyl (C=O) groups excluding carboxylic acids is 1. The molecule has 8 heteroatoms. The van der Waals surface area contributed by atoms with Gasteiger partial charge in [0.1, 0.15) is 0 Å².